The zero-order valence-electron chi connectivity index (χ0n) is 18.9. The standard InChI is InChI=1S/C23H24N10/c1-13-28-12-32(31-13)18-7-8-19(24)30-20(18)21-29-16-9-14(15-10-26-22(25)27-11-15)5-6-17(16)33(21)23(2,3)4/h5-12H,1-4H3,(H2,24,30)(H2,25,26,27). The number of nitrogen functional groups attached to an aromatic ring is 2. The molecule has 166 valence electrons. The predicted octanol–water partition coefficient (Wildman–Crippen LogP) is 3.36. The largest absolute Gasteiger partial charge is 0.384 e. The van der Waals surface area contributed by atoms with Crippen LogP contribution in [0.25, 0.3) is 39.4 Å². The van der Waals surface area contributed by atoms with E-state index in [1.807, 2.05) is 31.2 Å². The molecule has 0 saturated heterocycles. The van der Waals surface area contributed by atoms with Crippen LogP contribution in [0, 0.1) is 6.92 Å². The van der Waals surface area contributed by atoms with Crippen LogP contribution in [-0.2, 0) is 5.54 Å². The van der Waals surface area contributed by atoms with Gasteiger partial charge in [-0.15, -0.1) is 0 Å². The van der Waals surface area contributed by atoms with Gasteiger partial charge in [-0.25, -0.2) is 29.6 Å². The fourth-order valence-corrected chi connectivity index (χ4v) is 3.86. The fraction of sp³-hybridized carbons (Fsp3) is 0.217. The Hall–Kier alpha value is -4.34. The molecule has 33 heavy (non-hydrogen) atoms. The lowest BCUT2D eigenvalue weighted by atomic mass is 10.1. The molecule has 4 aromatic heterocycles. The van der Waals surface area contributed by atoms with E-state index in [2.05, 4.69) is 50.4 Å². The zero-order valence-corrected chi connectivity index (χ0v) is 18.9. The molecule has 0 saturated carbocycles. The van der Waals surface area contributed by atoms with Crippen LogP contribution in [0.2, 0.25) is 0 Å². The third-order valence-corrected chi connectivity index (χ3v) is 5.29. The molecule has 0 aliphatic carbocycles. The van der Waals surface area contributed by atoms with Crippen molar-refractivity contribution >= 4 is 22.8 Å². The first-order chi connectivity index (χ1) is 15.7. The lowest BCUT2D eigenvalue weighted by Crippen LogP contribution is -2.23. The van der Waals surface area contributed by atoms with Crippen molar-refractivity contribution in [2.24, 2.45) is 0 Å². The van der Waals surface area contributed by atoms with Crippen LogP contribution >= 0.6 is 0 Å². The first-order valence-electron chi connectivity index (χ1n) is 10.5. The van der Waals surface area contributed by atoms with Crippen LogP contribution in [0.3, 0.4) is 0 Å². The normalized spacial score (nSPS) is 11.9. The average molecular weight is 441 g/mol. The highest BCUT2D eigenvalue weighted by atomic mass is 15.3. The molecular formula is C23H24N10. The van der Waals surface area contributed by atoms with E-state index in [-0.39, 0.29) is 11.5 Å². The number of pyridine rings is 1. The van der Waals surface area contributed by atoms with Gasteiger partial charge in [0.2, 0.25) is 5.95 Å². The maximum atomic E-state index is 6.10. The summed E-state index contributed by atoms with van der Waals surface area (Å²) in [6.45, 7) is 8.23. The maximum Gasteiger partial charge on any atom is 0.219 e. The molecule has 0 aliphatic heterocycles. The number of anilines is 2. The minimum Gasteiger partial charge on any atom is -0.384 e. The van der Waals surface area contributed by atoms with E-state index in [1.54, 1.807) is 29.5 Å². The van der Waals surface area contributed by atoms with Crippen LogP contribution in [0.4, 0.5) is 11.8 Å². The Morgan fingerprint density at radius 2 is 1.64 bits per heavy atom. The van der Waals surface area contributed by atoms with Crippen LogP contribution < -0.4 is 11.5 Å². The molecular weight excluding hydrogens is 416 g/mol. The molecule has 0 spiro atoms. The lowest BCUT2D eigenvalue weighted by Gasteiger charge is -2.25. The first kappa shape index (κ1) is 20.6. The Balaban J connectivity index is 1.76. The van der Waals surface area contributed by atoms with Crippen LogP contribution in [0.1, 0.15) is 26.6 Å². The molecule has 0 bridgehead atoms. The minimum absolute atomic E-state index is 0.239. The Bertz CT molecular complexity index is 1470. The van der Waals surface area contributed by atoms with Gasteiger partial charge in [0.1, 0.15) is 23.7 Å². The summed E-state index contributed by atoms with van der Waals surface area (Å²) in [6.07, 6.45) is 5.07. The molecule has 10 heteroatoms. The lowest BCUT2D eigenvalue weighted by molar-refractivity contribution is 0.412. The van der Waals surface area contributed by atoms with Crippen molar-refractivity contribution in [2.75, 3.05) is 11.5 Å². The third-order valence-electron chi connectivity index (χ3n) is 5.29. The van der Waals surface area contributed by atoms with Gasteiger partial charge in [0.15, 0.2) is 5.82 Å². The molecule has 10 nitrogen and oxygen atoms in total. The Kier molecular flexibility index (Phi) is 4.59. The maximum absolute atomic E-state index is 6.10. The van der Waals surface area contributed by atoms with Crippen molar-refractivity contribution < 1.29 is 0 Å². The van der Waals surface area contributed by atoms with Crippen molar-refractivity contribution in [2.45, 2.75) is 33.2 Å². The van der Waals surface area contributed by atoms with Gasteiger partial charge < -0.3 is 16.0 Å². The molecule has 5 rings (SSSR count). The molecule has 0 atom stereocenters. The van der Waals surface area contributed by atoms with E-state index in [4.69, 9.17) is 16.5 Å². The van der Waals surface area contributed by atoms with E-state index >= 15 is 0 Å². The van der Waals surface area contributed by atoms with Crippen molar-refractivity contribution in [3.05, 3.63) is 54.9 Å². The van der Waals surface area contributed by atoms with E-state index in [9.17, 15) is 0 Å². The molecule has 0 fully saturated rings. The number of nitrogens with two attached hydrogens (primary N) is 2. The van der Waals surface area contributed by atoms with Gasteiger partial charge in [-0.3, -0.25) is 0 Å². The smallest absolute Gasteiger partial charge is 0.219 e. The second-order valence-corrected chi connectivity index (χ2v) is 8.82. The number of rotatable bonds is 3. The summed E-state index contributed by atoms with van der Waals surface area (Å²) >= 11 is 0. The number of benzene rings is 1. The summed E-state index contributed by atoms with van der Waals surface area (Å²) < 4.78 is 3.86. The summed E-state index contributed by atoms with van der Waals surface area (Å²) in [4.78, 5) is 22.1. The average Bonchev–Trinajstić information content (AvgIpc) is 3.37. The molecule has 0 aliphatic rings. The fourth-order valence-electron chi connectivity index (χ4n) is 3.86. The van der Waals surface area contributed by atoms with Gasteiger partial charge in [0.05, 0.1) is 16.7 Å². The van der Waals surface area contributed by atoms with Crippen molar-refractivity contribution in [1.82, 2.24) is 39.3 Å². The number of nitrogens with zero attached hydrogens (tertiary/aromatic N) is 8. The Labute approximate surface area is 190 Å². The Morgan fingerprint density at radius 1 is 0.879 bits per heavy atom. The van der Waals surface area contributed by atoms with Gasteiger partial charge in [0.25, 0.3) is 0 Å². The summed E-state index contributed by atoms with van der Waals surface area (Å²) in [7, 11) is 0. The minimum atomic E-state index is -0.280. The van der Waals surface area contributed by atoms with Gasteiger partial charge in [0, 0.05) is 23.5 Å². The highest BCUT2D eigenvalue weighted by molar-refractivity contribution is 5.86. The van der Waals surface area contributed by atoms with Gasteiger partial charge in [-0.1, -0.05) is 6.07 Å². The molecule has 5 aromatic rings. The second kappa shape index (κ2) is 7.37. The van der Waals surface area contributed by atoms with Crippen LogP contribution in [0.5, 0.6) is 0 Å². The Morgan fingerprint density at radius 3 is 2.30 bits per heavy atom. The van der Waals surface area contributed by atoms with Crippen molar-refractivity contribution in [3.8, 4) is 28.3 Å². The van der Waals surface area contributed by atoms with E-state index in [0.29, 0.717) is 23.2 Å². The number of hydrogen-bond donors (Lipinski definition) is 2. The first-order valence-corrected chi connectivity index (χ1v) is 10.5. The zero-order chi connectivity index (χ0) is 23.3. The second-order valence-electron chi connectivity index (χ2n) is 8.82. The summed E-state index contributed by atoms with van der Waals surface area (Å²) in [5, 5.41) is 4.47. The third kappa shape index (κ3) is 3.65. The van der Waals surface area contributed by atoms with E-state index in [1.165, 1.54) is 0 Å². The topological polar surface area (TPSA) is 139 Å². The van der Waals surface area contributed by atoms with Gasteiger partial charge in [-0.2, -0.15) is 5.10 Å². The number of hydrogen-bond acceptors (Lipinski definition) is 8. The molecule has 4 N–H and O–H groups in total. The molecule has 0 amide bonds. The highest BCUT2D eigenvalue weighted by Gasteiger charge is 2.26. The summed E-state index contributed by atoms with van der Waals surface area (Å²) in [5.41, 5.74) is 16.4. The predicted molar refractivity (Wildman–Crippen MR) is 127 cm³/mol. The summed E-state index contributed by atoms with van der Waals surface area (Å²) in [6, 6.07) is 9.73. The number of fused-ring (bicyclic) bond motifs is 1. The van der Waals surface area contributed by atoms with Crippen molar-refractivity contribution in [1.29, 1.82) is 0 Å². The van der Waals surface area contributed by atoms with Crippen LogP contribution in [-0.4, -0.2) is 39.3 Å². The van der Waals surface area contributed by atoms with Gasteiger partial charge in [-0.05, 0) is 57.5 Å². The highest BCUT2D eigenvalue weighted by Crippen LogP contribution is 2.35. The summed E-state index contributed by atoms with van der Waals surface area (Å²) in [5.74, 6) is 2.00. The molecule has 4 heterocycles. The van der Waals surface area contributed by atoms with Crippen molar-refractivity contribution in [3.63, 3.8) is 0 Å². The number of aromatic nitrogens is 8. The quantitative estimate of drug-likeness (QED) is 0.435. The number of aryl methyl sites for hydroxylation is 1. The van der Waals surface area contributed by atoms with Crippen LogP contribution in [0.15, 0.2) is 49.1 Å². The SMILES string of the molecule is Cc1ncn(-c2ccc(N)nc2-c2nc3cc(-c4cnc(N)nc4)ccc3n2C(C)(C)C)n1. The monoisotopic (exact) mass is 440 g/mol. The van der Waals surface area contributed by atoms with Gasteiger partial charge >= 0.3 is 0 Å². The molecule has 0 radical (unpaired) electrons. The molecule has 1 aromatic carbocycles. The van der Waals surface area contributed by atoms with E-state index in [0.717, 1.165) is 27.8 Å². The van der Waals surface area contributed by atoms with E-state index < -0.39 is 0 Å². The molecule has 0 unspecified atom stereocenters. The number of imidazole rings is 1.